The first-order valence-corrected chi connectivity index (χ1v) is 12.3. The van der Waals surface area contributed by atoms with Crippen LogP contribution in [0.4, 0.5) is 10.1 Å². The van der Waals surface area contributed by atoms with Crippen LogP contribution >= 0.6 is 0 Å². The van der Waals surface area contributed by atoms with Gasteiger partial charge in [-0.25, -0.2) is 4.39 Å². The Morgan fingerprint density at radius 2 is 1.83 bits per heavy atom. The minimum atomic E-state index is -0.920. The monoisotopic (exact) mass is 490 g/mol. The summed E-state index contributed by atoms with van der Waals surface area (Å²) in [5.41, 5.74) is 10.3. The molecule has 2 aliphatic heterocycles. The highest BCUT2D eigenvalue weighted by Gasteiger charge is 2.41. The molecule has 0 atom stereocenters. The van der Waals surface area contributed by atoms with E-state index in [0.29, 0.717) is 29.1 Å². The van der Waals surface area contributed by atoms with Gasteiger partial charge >= 0.3 is 5.97 Å². The number of benzene rings is 3. The zero-order chi connectivity index (χ0) is 25.1. The van der Waals surface area contributed by atoms with Gasteiger partial charge in [0, 0.05) is 36.2 Å². The van der Waals surface area contributed by atoms with Crippen molar-refractivity contribution in [1.29, 1.82) is 0 Å². The summed E-state index contributed by atoms with van der Waals surface area (Å²) >= 11 is 0. The molecule has 0 radical (unpaired) electrons. The second-order valence-corrected chi connectivity index (χ2v) is 9.83. The molecule has 0 unspecified atom stereocenters. The smallest absolute Gasteiger partial charge is 0.307 e. The number of carbonyl (C=O) groups is 1. The molecule has 188 valence electrons. The van der Waals surface area contributed by atoms with Gasteiger partial charge in [0.15, 0.2) is 5.82 Å². The van der Waals surface area contributed by atoms with Crippen molar-refractivity contribution in [2.75, 3.05) is 31.2 Å². The van der Waals surface area contributed by atoms with Crippen molar-refractivity contribution in [1.82, 2.24) is 0 Å². The van der Waals surface area contributed by atoms with Crippen molar-refractivity contribution in [3.05, 3.63) is 83.2 Å². The van der Waals surface area contributed by atoms with Crippen LogP contribution in [0, 0.1) is 11.2 Å². The molecule has 2 saturated heterocycles. The van der Waals surface area contributed by atoms with Crippen molar-refractivity contribution >= 4 is 11.7 Å². The molecule has 3 aromatic rings. The molecule has 3 N–H and O–H groups in total. The average molecular weight is 491 g/mol. The van der Waals surface area contributed by atoms with E-state index >= 15 is 4.39 Å². The number of piperidine rings is 1. The summed E-state index contributed by atoms with van der Waals surface area (Å²) in [5.74, 6) is -0.653. The van der Waals surface area contributed by atoms with Gasteiger partial charge in [-0.3, -0.25) is 4.79 Å². The maximum atomic E-state index is 16.0. The number of nitrogens with zero attached hydrogens (tertiary/aromatic N) is 1. The summed E-state index contributed by atoms with van der Waals surface area (Å²) < 4.78 is 27.5. The molecule has 2 heterocycles. The van der Waals surface area contributed by atoms with Crippen molar-refractivity contribution in [2.45, 2.75) is 32.4 Å². The van der Waals surface area contributed by atoms with Crippen LogP contribution in [0.15, 0.2) is 60.7 Å². The second-order valence-electron chi connectivity index (χ2n) is 9.83. The largest absolute Gasteiger partial charge is 0.489 e. The van der Waals surface area contributed by atoms with Crippen LogP contribution in [-0.2, 0) is 29.1 Å². The number of aliphatic carboxylic acids is 1. The summed E-state index contributed by atoms with van der Waals surface area (Å²) in [6, 6.07) is 18.4. The van der Waals surface area contributed by atoms with E-state index in [1.807, 2.05) is 42.5 Å². The van der Waals surface area contributed by atoms with Crippen molar-refractivity contribution in [2.24, 2.45) is 11.1 Å². The first kappa shape index (κ1) is 24.3. The number of hydrogen-bond acceptors (Lipinski definition) is 5. The third-order valence-electron chi connectivity index (χ3n) is 7.28. The Labute approximate surface area is 210 Å². The number of rotatable bonds is 8. The van der Waals surface area contributed by atoms with Gasteiger partial charge in [-0.1, -0.05) is 36.4 Å². The Hall–Kier alpha value is -3.42. The van der Waals surface area contributed by atoms with E-state index in [-0.39, 0.29) is 24.3 Å². The third kappa shape index (κ3) is 5.08. The first-order chi connectivity index (χ1) is 17.5. The number of para-hydroxylation sites is 1. The molecule has 0 aliphatic carbocycles. The van der Waals surface area contributed by atoms with Gasteiger partial charge in [-0.05, 0) is 53.8 Å². The quantitative estimate of drug-likeness (QED) is 0.473. The van der Waals surface area contributed by atoms with Crippen molar-refractivity contribution < 1.29 is 23.8 Å². The van der Waals surface area contributed by atoms with E-state index in [2.05, 4.69) is 4.90 Å². The average Bonchev–Trinajstić information content (AvgIpc) is 2.87. The van der Waals surface area contributed by atoms with Crippen LogP contribution in [0.2, 0.25) is 0 Å². The molecule has 6 nitrogen and oxygen atoms in total. The molecule has 1 spiro atoms. The molecule has 2 fully saturated rings. The predicted molar refractivity (Wildman–Crippen MR) is 137 cm³/mol. The zero-order valence-corrected chi connectivity index (χ0v) is 20.2. The summed E-state index contributed by atoms with van der Waals surface area (Å²) in [6.45, 7) is 3.71. The van der Waals surface area contributed by atoms with E-state index in [1.165, 1.54) is 0 Å². The molecular weight excluding hydrogens is 459 g/mol. The fourth-order valence-corrected chi connectivity index (χ4v) is 5.07. The number of nitrogens with two attached hydrogens (primary N) is 1. The van der Waals surface area contributed by atoms with Crippen LogP contribution in [0.3, 0.4) is 0 Å². The summed E-state index contributed by atoms with van der Waals surface area (Å²) in [4.78, 5) is 13.4. The van der Waals surface area contributed by atoms with Gasteiger partial charge in [0.25, 0.3) is 0 Å². The first-order valence-electron chi connectivity index (χ1n) is 12.3. The van der Waals surface area contributed by atoms with E-state index in [1.54, 1.807) is 18.2 Å². The van der Waals surface area contributed by atoms with Gasteiger partial charge in [0.1, 0.15) is 12.4 Å². The number of ether oxygens (including phenoxy) is 2. The van der Waals surface area contributed by atoms with Crippen molar-refractivity contribution in [3.63, 3.8) is 0 Å². The Balaban J connectivity index is 1.47. The normalized spacial score (nSPS) is 16.6. The Kier molecular flexibility index (Phi) is 6.94. The maximum Gasteiger partial charge on any atom is 0.307 e. The highest BCUT2D eigenvalue weighted by Crippen LogP contribution is 2.41. The molecule has 0 amide bonds. The van der Waals surface area contributed by atoms with Crippen LogP contribution in [-0.4, -0.2) is 37.4 Å². The van der Waals surface area contributed by atoms with E-state index in [4.69, 9.17) is 15.2 Å². The van der Waals surface area contributed by atoms with Crippen LogP contribution in [0.1, 0.15) is 29.5 Å². The topological polar surface area (TPSA) is 85.0 Å². The molecular formula is C29H31FN2O4. The minimum Gasteiger partial charge on any atom is -0.489 e. The van der Waals surface area contributed by atoms with Crippen LogP contribution < -0.4 is 15.4 Å². The lowest BCUT2D eigenvalue weighted by atomic mass is 9.76. The van der Waals surface area contributed by atoms with Crippen LogP contribution in [0.5, 0.6) is 5.75 Å². The SMILES string of the molecule is NCc1cccc(-c2cc(COc3ccccc3CC(=O)O)cc(N3CCC4(CC3)COC4)c2F)c1. The summed E-state index contributed by atoms with van der Waals surface area (Å²) in [6.07, 6.45) is 1.84. The highest BCUT2D eigenvalue weighted by atomic mass is 19.1. The minimum absolute atomic E-state index is 0.124. The van der Waals surface area contributed by atoms with Gasteiger partial charge in [0.2, 0.25) is 0 Å². The lowest BCUT2D eigenvalue weighted by Gasteiger charge is -2.48. The maximum absolute atomic E-state index is 16.0. The second kappa shape index (κ2) is 10.3. The molecule has 0 saturated carbocycles. The van der Waals surface area contributed by atoms with Crippen molar-refractivity contribution in [3.8, 4) is 16.9 Å². The molecule has 2 aliphatic rings. The highest BCUT2D eigenvalue weighted by molar-refractivity contribution is 5.72. The lowest BCUT2D eigenvalue weighted by Crippen LogP contribution is -2.51. The molecule has 0 aromatic heterocycles. The van der Waals surface area contributed by atoms with E-state index in [0.717, 1.165) is 55.8 Å². The fraction of sp³-hybridized carbons (Fsp3) is 0.345. The molecule has 7 heteroatoms. The van der Waals surface area contributed by atoms with Gasteiger partial charge in [-0.15, -0.1) is 0 Å². The van der Waals surface area contributed by atoms with E-state index in [9.17, 15) is 9.90 Å². The van der Waals surface area contributed by atoms with Crippen LogP contribution in [0.25, 0.3) is 11.1 Å². The standard InChI is InChI=1S/C29H31FN2O4/c30-28-24(22-6-3-4-20(12-22)16-31)13-21(17-36-26-7-2-1-5-23(26)15-27(33)34)14-25(28)32-10-8-29(9-11-32)18-35-19-29/h1-7,12-14H,8-11,15-19,31H2,(H,33,34). The Morgan fingerprint density at radius 3 is 2.53 bits per heavy atom. The fourth-order valence-electron chi connectivity index (χ4n) is 5.07. The number of anilines is 1. The number of halogens is 1. The molecule has 3 aromatic carbocycles. The lowest BCUT2D eigenvalue weighted by molar-refractivity contribution is -0.136. The molecule has 5 rings (SSSR count). The number of carboxylic acid groups (broad SMARTS) is 1. The Bertz CT molecular complexity index is 1250. The number of carboxylic acids is 1. The van der Waals surface area contributed by atoms with Gasteiger partial charge in [0.05, 0.1) is 25.3 Å². The Morgan fingerprint density at radius 1 is 1.06 bits per heavy atom. The summed E-state index contributed by atoms with van der Waals surface area (Å²) in [7, 11) is 0. The summed E-state index contributed by atoms with van der Waals surface area (Å²) in [5, 5.41) is 9.23. The van der Waals surface area contributed by atoms with Gasteiger partial charge < -0.3 is 25.2 Å². The predicted octanol–water partition coefficient (Wildman–Crippen LogP) is 4.77. The zero-order valence-electron chi connectivity index (χ0n) is 20.2. The van der Waals surface area contributed by atoms with Gasteiger partial charge in [-0.2, -0.15) is 0 Å². The van der Waals surface area contributed by atoms with E-state index < -0.39 is 5.97 Å². The number of hydrogen-bond donors (Lipinski definition) is 2. The third-order valence-corrected chi connectivity index (χ3v) is 7.28. The molecule has 36 heavy (non-hydrogen) atoms. The molecule has 0 bridgehead atoms.